The van der Waals surface area contributed by atoms with Gasteiger partial charge in [-0.3, -0.25) is 14.5 Å². The van der Waals surface area contributed by atoms with E-state index in [-0.39, 0.29) is 29.4 Å². The standard InChI is InChI=1S/C28H29FN6O6/c1-16(36)30-13-19-14-35(28(40)41-19)18-4-5-25(31-12-18)33-8-6-32(7-9-33)24-11-23-20(10-22(24)29)26(37)21(27(38)39)15-34(23)17-2-3-17/h4-5,10-12,15,17,19H,2-3,6-9,13-14H2,1H3,(H,30,36)(H,38,39). The van der Waals surface area contributed by atoms with Crippen molar-refractivity contribution in [2.24, 2.45) is 0 Å². The van der Waals surface area contributed by atoms with Crippen molar-refractivity contribution in [2.75, 3.05) is 54.0 Å². The molecule has 41 heavy (non-hydrogen) atoms. The Morgan fingerprint density at radius 1 is 1.12 bits per heavy atom. The summed E-state index contributed by atoms with van der Waals surface area (Å²) in [5, 5.41) is 12.2. The van der Waals surface area contributed by atoms with E-state index in [4.69, 9.17) is 4.74 Å². The van der Waals surface area contributed by atoms with Crippen molar-refractivity contribution in [2.45, 2.75) is 31.9 Å². The number of piperazine rings is 1. The van der Waals surface area contributed by atoms with Crippen LogP contribution >= 0.6 is 0 Å². The van der Waals surface area contributed by atoms with Crippen LogP contribution in [0.15, 0.2) is 41.5 Å². The number of aromatic nitrogens is 2. The lowest BCUT2D eigenvalue weighted by Gasteiger charge is -2.37. The number of benzene rings is 1. The topological polar surface area (TPSA) is 137 Å². The van der Waals surface area contributed by atoms with E-state index in [1.807, 2.05) is 11.0 Å². The van der Waals surface area contributed by atoms with Gasteiger partial charge in [-0.05, 0) is 37.1 Å². The molecule has 3 aliphatic rings. The van der Waals surface area contributed by atoms with Crippen molar-refractivity contribution in [3.63, 3.8) is 0 Å². The lowest BCUT2D eigenvalue weighted by molar-refractivity contribution is -0.119. The third kappa shape index (κ3) is 5.14. The molecule has 0 radical (unpaired) electrons. The van der Waals surface area contributed by atoms with Crippen molar-refractivity contribution in [3.05, 3.63) is 58.3 Å². The number of ether oxygens (including phenoxy) is 1. The van der Waals surface area contributed by atoms with Crippen LogP contribution in [0.25, 0.3) is 10.9 Å². The van der Waals surface area contributed by atoms with E-state index < -0.39 is 29.4 Å². The normalized spacial score (nSPS) is 19.0. The molecule has 0 bridgehead atoms. The minimum atomic E-state index is -1.32. The number of amides is 2. The number of nitrogens with one attached hydrogen (secondary N) is 1. The number of hydrogen-bond acceptors (Lipinski definition) is 8. The second kappa shape index (κ2) is 10.4. The van der Waals surface area contributed by atoms with Crippen LogP contribution in [0.4, 0.5) is 26.4 Å². The SMILES string of the molecule is CC(=O)NCC1CN(c2ccc(N3CCN(c4cc5c(cc4F)c(=O)c(C(=O)O)cn5C4CC4)CC3)nc2)C(=O)O1. The van der Waals surface area contributed by atoms with E-state index >= 15 is 4.39 Å². The molecule has 1 unspecified atom stereocenters. The summed E-state index contributed by atoms with van der Waals surface area (Å²) in [6, 6.07) is 6.54. The molecule has 1 aliphatic carbocycles. The Morgan fingerprint density at radius 3 is 2.49 bits per heavy atom. The lowest BCUT2D eigenvalue weighted by Crippen LogP contribution is -2.47. The zero-order valence-corrected chi connectivity index (χ0v) is 22.4. The molecule has 1 atom stereocenters. The van der Waals surface area contributed by atoms with Crippen LogP contribution in [-0.2, 0) is 9.53 Å². The molecule has 6 rings (SSSR count). The van der Waals surface area contributed by atoms with Gasteiger partial charge in [0, 0.05) is 50.7 Å². The molecule has 2 saturated heterocycles. The van der Waals surface area contributed by atoms with Crippen molar-refractivity contribution >= 4 is 46.1 Å². The number of carbonyl (C=O) groups excluding carboxylic acids is 2. The van der Waals surface area contributed by atoms with Gasteiger partial charge in [-0.1, -0.05) is 0 Å². The Balaban J connectivity index is 1.15. The zero-order chi connectivity index (χ0) is 28.8. The number of nitrogens with zero attached hydrogens (tertiary/aromatic N) is 5. The number of carbonyl (C=O) groups is 3. The molecule has 3 aromatic rings. The minimum absolute atomic E-state index is 0.0734. The van der Waals surface area contributed by atoms with Gasteiger partial charge in [-0.2, -0.15) is 0 Å². The Morgan fingerprint density at radius 2 is 1.85 bits per heavy atom. The lowest BCUT2D eigenvalue weighted by atomic mass is 10.1. The number of pyridine rings is 2. The first-order chi connectivity index (χ1) is 19.7. The first-order valence-electron chi connectivity index (χ1n) is 13.5. The monoisotopic (exact) mass is 564 g/mol. The summed E-state index contributed by atoms with van der Waals surface area (Å²) in [4.78, 5) is 57.8. The first kappa shape index (κ1) is 26.5. The average molecular weight is 565 g/mol. The Bertz CT molecular complexity index is 1600. The summed E-state index contributed by atoms with van der Waals surface area (Å²) < 4.78 is 22.4. The van der Waals surface area contributed by atoms with E-state index in [2.05, 4.69) is 15.2 Å². The van der Waals surface area contributed by atoms with Crippen LogP contribution in [-0.4, -0.2) is 78.0 Å². The number of aromatic carboxylic acids is 1. The molecule has 13 heteroatoms. The van der Waals surface area contributed by atoms with Gasteiger partial charge in [0.15, 0.2) is 0 Å². The Hall–Kier alpha value is -4.68. The summed E-state index contributed by atoms with van der Waals surface area (Å²) >= 11 is 0. The number of fused-ring (bicyclic) bond motifs is 1. The third-order valence-corrected chi connectivity index (χ3v) is 7.71. The van der Waals surface area contributed by atoms with Gasteiger partial charge in [0.2, 0.25) is 11.3 Å². The summed E-state index contributed by atoms with van der Waals surface area (Å²) in [6.07, 6.45) is 3.82. The molecule has 2 N–H and O–H groups in total. The van der Waals surface area contributed by atoms with E-state index in [1.165, 1.54) is 18.0 Å². The molecular weight excluding hydrogens is 535 g/mol. The van der Waals surface area contributed by atoms with Gasteiger partial charge in [0.1, 0.15) is 23.3 Å². The van der Waals surface area contributed by atoms with Crippen LogP contribution in [0.2, 0.25) is 0 Å². The average Bonchev–Trinajstić information content (AvgIpc) is 3.73. The highest BCUT2D eigenvalue weighted by molar-refractivity contribution is 5.94. The second-order valence-corrected chi connectivity index (χ2v) is 10.5. The molecular formula is C28H29FN6O6. The number of anilines is 3. The maximum absolute atomic E-state index is 15.3. The first-order valence-corrected chi connectivity index (χ1v) is 13.5. The summed E-state index contributed by atoms with van der Waals surface area (Å²) in [5.74, 6) is -1.36. The van der Waals surface area contributed by atoms with Gasteiger partial charge in [0.25, 0.3) is 0 Å². The van der Waals surface area contributed by atoms with Crippen LogP contribution in [0.1, 0.15) is 36.2 Å². The fourth-order valence-electron chi connectivity index (χ4n) is 5.41. The largest absolute Gasteiger partial charge is 0.477 e. The number of carboxylic acids is 1. The molecule has 3 fully saturated rings. The van der Waals surface area contributed by atoms with Crippen molar-refractivity contribution < 1.29 is 28.6 Å². The number of carboxylic acid groups (broad SMARTS) is 1. The number of halogens is 1. The summed E-state index contributed by atoms with van der Waals surface area (Å²) in [5.41, 5.74) is 0.473. The Kier molecular flexibility index (Phi) is 6.72. The molecule has 1 aromatic carbocycles. The van der Waals surface area contributed by atoms with Gasteiger partial charge in [-0.15, -0.1) is 0 Å². The fraction of sp³-hybridized carbons (Fsp3) is 0.393. The number of hydrogen-bond donors (Lipinski definition) is 2. The van der Waals surface area contributed by atoms with E-state index in [9.17, 15) is 24.3 Å². The van der Waals surface area contributed by atoms with Crippen LogP contribution < -0.4 is 25.4 Å². The number of cyclic esters (lactones) is 1. The van der Waals surface area contributed by atoms with E-state index in [1.54, 1.807) is 22.9 Å². The van der Waals surface area contributed by atoms with Crippen LogP contribution in [0, 0.1) is 5.82 Å². The van der Waals surface area contributed by atoms with Crippen molar-refractivity contribution in [1.29, 1.82) is 0 Å². The summed E-state index contributed by atoms with van der Waals surface area (Å²) in [7, 11) is 0. The Labute approximate surface area is 233 Å². The van der Waals surface area contributed by atoms with Crippen molar-refractivity contribution in [1.82, 2.24) is 14.9 Å². The van der Waals surface area contributed by atoms with Crippen LogP contribution in [0.3, 0.4) is 0 Å². The molecule has 12 nitrogen and oxygen atoms in total. The second-order valence-electron chi connectivity index (χ2n) is 10.5. The van der Waals surface area contributed by atoms with Gasteiger partial charge in [-0.25, -0.2) is 19.0 Å². The third-order valence-electron chi connectivity index (χ3n) is 7.71. The molecule has 214 valence electrons. The highest BCUT2D eigenvalue weighted by Gasteiger charge is 2.33. The maximum atomic E-state index is 15.3. The van der Waals surface area contributed by atoms with E-state index in [0.717, 1.165) is 24.7 Å². The number of rotatable bonds is 7. The van der Waals surface area contributed by atoms with E-state index in [0.29, 0.717) is 49.6 Å². The molecule has 4 heterocycles. The van der Waals surface area contributed by atoms with Crippen molar-refractivity contribution in [3.8, 4) is 0 Å². The smallest absolute Gasteiger partial charge is 0.414 e. The quantitative estimate of drug-likeness (QED) is 0.443. The van der Waals surface area contributed by atoms with Gasteiger partial charge in [0.05, 0.1) is 36.2 Å². The van der Waals surface area contributed by atoms with Crippen LogP contribution in [0.5, 0.6) is 0 Å². The predicted molar refractivity (Wildman–Crippen MR) is 148 cm³/mol. The molecule has 0 spiro atoms. The zero-order valence-electron chi connectivity index (χ0n) is 22.4. The maximum Gasteiger partial charge on any atom is 0.414 e. The molecule has 2 aliphatic heterocycles. The summed E-state index contributed by atoms with van der Waals surface area (Å²) in [6.45, 7) is 4.12. The van der Waals surface area contributed by atoms with Gasteiger partial charge >= 0.3 is 12.1 Å². The minimum Gasteiger partial charge on any atom is -0.477 e. The van der Waals surface area contributed by atoms with Gasteiger partial charge < -0.3 is 29.5 Å². The molecule has 2 aromatic heterocycles. The highest BCUT2D eigenvalue weighted by atomic mass is 19.1. The molecule has 1 saturated carbocycles. The fourth-order valence-corrected chi connectivity index (χ4v) is 5.41. The highest BCUT2D eigenvalue weighted by Crippen LogP contribution is 2.38. The molecule has 2 amide bonds. The predicted octanol–water partition coefficient (Wildman–Crippen LogP) is 2.36.